The summed E-state index contributed by atoms with van der Waals surface area (Å²) in [7, 11) is 0. The van der Waals surface area contributed by atoms with Crippen LogP contribution in [0, 0.1) is 12.7 Å². The number of nitrogens with zero attached hydrogens (tertiary/aromatic N) is 1. The Bertz CT molecular complexity index is 566. The molecular formula is C15H14FNO. The van der Waals surface area contributed by atoms with E-state index in [9.17, 15) is 9.18 Å². The Kier molecular flexibility index (Phi) is 3.82. The van der Waals surface area contributed by atoms with E-state index in [0.29, 0.717) is 18.4 Å². The highest BCUT2D eigenvalue weighted by atomic mass is 19.1. The topological polar surface area (TPSA) is 30.0 Å². The van der Waals surface area contributed by atoms with Crippen molar-refractivity contribution in [2.75, 3.05) is 0 Å². The highest BCUT2D eigenvalue weighted by Gasteiger charge is 2.08. The van der Waals surface area contributed by atoms with Crippen molar-refractivity contribution in [1.82, 2.24) is 4.98 Å². The van der Waals surface area contributed by atoms with Gasteiger partial charge in [-0.05, 0) is 30.5 Å². The van der Waals surface area contributed by atoms with Crippen LogP contribution in [0.3, 0.4) is 0 Å². The van der Waals surface area contributed by atoms with Crippen molar-refractivity contribution >= 4 is 5.78 Å². The normalized spacial score (nSPS) is 10.3. The smallest absolute Gasteiger partial charge is 0.164 e. The van der Waals surface area contributed by atoms with Gasteiger partial charge in [-0.25, -0.2) is 4.39 Å². The number of aryl methyl sites for hydroxylation is 2. The molecule has 0 aliphatic heterocycles. The average Bonchev–Trinajstić information content (AvgIpc) is 2.37. The molecule has 1 heterocycles. The van der Waals surface area contributed by atoms with Crippen LogP contribution in [0.1, 0.15) is 27.9 Å². The zero-order valence-electron chi connectivity index (χ0n) is 10.2. The van der Waals surface area contributed by atoms with Gasteiger partial charge in [0, 0.05) is 18.2 Å². The van der Waals surface area contributed by atoms with E-state index in [4.69, 9.17) is 0 Å². The molecule has 1 aromatic heterocycles. The first kappa shape index (κ1) is 12.4. The maximum atomic E-state index is 12.9. The maximum Gasteiger partial charge on any atom is 0.164 e. The molecule has 0 saturated heterocycles. The fourth-order valence-electron chi connectivity index (χ4n) is 1.85. The maximum absolute atomic E-state index is 12.9. The van der Waals surface area contributed by atoms with Crippen molar-refractivity contribution in [2.45, 2.75) is 19.8 Å². The van der Waals surface area contributed by atoms with Crippen LogP contribution in [0.15, 0.2) is 42.7 Å². The first-order valence-corrected chi connectivity index (χ1v) is 5.85. The van der Waals surface area contributed by atoms with Gasteiger partial charge in [0.05, 0.1) is 6.20 Å². The molecule has 1 aromatic carbocycles. The predicted octanol–water partition coefficient (Wildman–Crippen LogP) is 3.34. The molecule has 0 aliphatic rings. The van der Waals surface area contributed by atoms with E-state index >= 15 is 0 Å². The molecule has 0 amide bonds. The molecule has 3 heteroatoms. The molecule has 92 valence electrons. The quantitative estimate of drug-likeness (QED) is 0.771. The fourth-order valence-corrected chi connectivity index (χ4v) is 1.85. The summed E-state index contributed by atoms with van der Waals surface area (Å²) in [4.78, 5) is 15.6. The third-order valence-electron chi connectivity index (χ3n) is 2.91. The van der Waals surface area contributed by atoms with E-state index in [1.54, 1.807) is 0 Å². The molecule has 0 spiro atoms. The summed E-state index contributed by atoms with van der Waals surface area (Å²) in [6.45, 7) is 2.02. The Morgan fingerprint density at radius 2 is 2.06 bits per heavy atom. The molecule has 0 unspecified atom stereocenters. The molecule has 2 rings (SSSR count). The van der Waals surface area contributed by atoms with Crippen molar-refractivity contribution in [3.63, 3.8) is 0 Å². The number of Topliss-reactive ketones (excluding diaryl/α,β-unsaturated/α-hetero) is 1. The van der Waals surface area contributed by atoms with Crippen LogP contribution in [0.5, 0.6) is 0 Å². The van der Waals surface area contributed by atoms with Crippen LogP contribution in [-0.4, -0.2) is 10.8 Å². The Morgan fingerprint density at radius 1 is 1.28 bits per heavy atom. The van der Waals surface area contributed by atoms with Crippen molar-refractivity contribution < 1.29 is 9.18 Å². The Morgan fingerprint density at radius 3 is 2.78 bits per heavy atom. The number of rotatable bonds is 4. The number of carbonyl (C=O) groups is 1. The van der Waals surface area contributed by atoms with Gasteiger partial charge in [0.1, 0.15) is 5.82 Å². The minimum atomic E-state index is -0.475. The van der Waals surface area contributed by atoms with Gasteiger partial charge < -0.3 is 0 Å². The number of ketones is 1. The molecule has 0 N–H and O–H groups in total. The van der Waals surface area contributed by atoms with Crippen LogP contribution in [0.2, 0.25) is 0 Å². The van der Waals surface area contributed by atoms with Gasteiger partial charge in [0.2, 0.25) is 0 Å². The lowest BCUT2D eigenvalue weighted by Crippen LogP contribution is -2.03. The largest absolute Gasteiger partial charge is 0.294 e. The van der Waals surface area contributed by atoms with Crippen LogP contribution >= 0.6 is 0 Å². The molecule has 0 fully saturated rings. The minimum absolute atomic E-state index is 0.0785. The molecule has 0 atom stereocenters. The van der Waals surface area contributed by atoms with Gasteiger partial charge in [-0.1, -0.05) is 24.3 Å². The summed E-state index contributed by atoms with van der Waals surface area (Å²) in [6.07, 6.45) is 3.54. The number of halogens is 1. The van der Waals surface area contributed by atoms with Crippen molar-refractivity contribution in [2.24, 2.45) is 0 Å². The van der Waals surface area contributed by atoms with E-state index in [0.717, 1.165) is 11.8 Å². The molecule has 0 radical (unpaired) electrons. The Labute approximate surface area is 105 Å². The molecule has 0 saturated carbocycles. The summed E-state index contributed by atoms with van der Waals surface area (Å²) in [5, 5.41) is 0. The van der Waals surface area contributed by atoms with Gasteiger partial charge in [0.15, 0.2) is 5.78 Å². The molecular weight excluding hydrogens is 229 g/mol. The van der Waals surface area contributed by atoms with Crippen molar-refractivity contribution in [3.8, 4) is 0 Å². The van der Waals surface area contributed by atoms with Crippen LogP contribution < -0.4 is 0 Å². The molecule has 0 aliphatic carbocycles. The van der Waals surface area contributed by atoms with E-state index < -0.39 is 5.82 Å². The van der Waals surface area contributed by atoms with E-state index in [2.05, 4.69) is 4.98 Å². The van der Waals surface area contributed by atoms with Crippen molar-refractivity contribution in [3.05, 3.63) is 65.2 Å². The second kappa shape index (κ2) is 5.54. The van der Waals surface area contributed by atoms with Crippen LogP contribution in [-0.2, 0) is 6.42 Å². The lowest BCUT2D eigenvalue weighted by Gasteiger charge is -2.04. The highest BCUT2D eigenvalue weighted by Crippen LogP contribution is 2.12. The zero-order chi connectivity index (χ0) is 13.0. The first-order valence-electron chi connectivity index (χ1n) is 5.85. The third kappa shape index (κ3) is 3.00. The van der Waals surface area contributed by atoms with E-state index in [1.807, 2.05) is 31.2 Å². The van der Waals surface area contributed by atoms with Gasteiger partial charge in [0.25, 0.3) is 0 Å². The number of aromatic nitrogens is 1. The summed E-state index contributed by atoms with van der Waals surface area (Å²) in [5.41, 5.74) is 2.65. The first-order chi connectivity index (χ1) is 8.66. The van der Waals surface area contributed by atoms with Crippen molar-refractivity contribution in [1.29, 1.82) is 0 Å². The fraction of sp³-hybridized carbons (Fsp3) is 0.200. The second-order valence-corrected chi connectivity index (χ2v) is 4.24. The lowest BCUT2D eigenvalue weighted by molar-refractivity contribution is 0.0982. The SMILES string of the molecule is Cc1ccccc1CCC(=O)c1cncc(F)c1. The zero-order valence-corrected chi connectivity index (χ0v) is 10.2. The molecule has 2 nitrogen and oxygen atoms in total. The van der Waals surface area contributed by atoms with Crippen LogP contribution in [0.4, 0.5) is 4.39 Å². The van der Waals surface area contributed by atoms with Gasteiger partial charge in [-0.2, -0.15) is 0 Å². The van der Waals surface area contributed by atoms with Crippen LogP contribution in [0.25, 0.3) is 0 Å². The van der Waals surface area contributed by atoms with E-state index in [-0.39, 0.29) is 5.78 Å². The summed E-state index contributed by atoms with van der Waals surface area (Å²) < 4.78 is 12.9. The monoisotopic (exact) mass is 243 g/mol. The second-order valence-electron chi connectivity index (χ2n) is 4.24. The Hall–Kier alpha value is -2.03. The van der Waals surface area contributed by atoms with E-state index in [1.165, 1.54) is 17.8 Å². The number of benzene rings is 1. The number of hydrogen-bond acceptors (Lipinski definition) is 2. The van der Waals surface area contributed by atoms with Gasteiger partial charge in [-0.15, -0.1) is 0 Å². The summed E-state index contributed by atoms with van der Waals surface area (Å²) in [6, 6.07) is 9.18. The number of pyridine rings is 1. The van der Waals surface area contributed by atoms with Gasteiger partial charge in [-0.3, -0.25) is 9.78 Å². The van der Waals surface area contributed by atoms with Gasteiger partial charge >= 0.3 is 0 Å². The minimum Gasteiger partial charge on any atom is -0.294 e. The Balaban J connectivity index is 2.03. The molecule has 0 bridgehead atoms. The highest BCUT2D eigenvalue weighted by molar-refractivity contribution is 5.95. The predicted molar refractivity (Wildman–Crippen MR) is 68.0 cm³/mol. The lowest BCUT2D eigenvalue weighted by atomic mass is 10.0. The average molecular weight is 243 g/mol. The number of hydrogen-bond donors (Lipinski definition) is 0. The third-order valence-corrected chi connectivity index (χ3v) is 2.91. The molecule has 2 aromatic rings. The standard InChI is InChI=1S/C15H14FNO/c1-11-4-2-3-5-12(11)6-7-15(18)13-8-14(16)10-17-9-13/h2-5,8-10H,6-7H2,1H3. The summed E-state index contributed by atoms with van der Waals surface area (Å²) >= 11 is 0. The number of carbonyl (C=O) groups excluding carboxylic acids is 1. The molecule has 18 heavy (non-hydrogen) atoms. The summed E-state index contributed by atoms with van der Waals surface area (Å²) in [5.74, 6) is -0.554.